The molecule has 0 atom stereocenters. The van der Waals surface area contributed by atoms with Gasteiger partial charge in [-0.25, -0.2) is 13.8 Å². The number of piperidine rings is 1. The fourth-order valence-electron chi connectivity index (χ4n) is 3.57. The van der Waals surface area contributed by atoms with E-state index in [2.05, 4.69) is 27.7 Å². The van der Waals surface area contributed by atoms with Gasteiger partial charge < -0.3 is 4.90 Å². The molecule has 2 aromatic carbocycles. The van der Waals surface area contributed by atoms with Crippen LogP contribution < -0.4 is 10.9 Å². The van der Waals surface area contributed by atoms with Crippen LogP contribution in [0.1, 0.15) is 50.2 Å². The molecule has 1 aliphatic heterocycles. The van der Waals surface area contributed by atoms with Crippen molar-refractivity contribution in [2.45, 2.75) is 18.8 Å². The van der Waals surface area contributed by atoms with Gasteiger partial charge in [-0.1, -0.05) is 24.1 Å². The number of halogens is 2. The molecule has 7 nitrogen and oxygen atoms in total. The number of amides is 3. The maximum Gasteiger partial charge on any atom is 0.298 e. The highest BCUT2D eigenvalue weighted by molar-refractivity contribution is 7.09. The lowest BCUT2D eigenvalue weighted by atomic mass is 9.97. The molecular formula is C25H20F2N4O3S. The maximum absolute atomic E-state index is 13.3. The van der Waals surface area contributed by atoms with Gasteiger partial charge >= 0.3 is 0 Å². The SMILES string of the molecule is O=C(NNC(=O)c1csc(C2CCN(C(=O)C#Cc3ccccc3)CC2)n1)c1cc(F)cc(F)c1. The first-order valence-electron chi connectivity index (χ1n) is 10.8. The average Bonchev–Trinajstić information content (AvgIpc) is 3.36. The third kappa shape index (κ3) is 6.28. The highest BCUT2D eigenvalue weighted by Crippen LogP contribution is 2.30. The second-order valence-corrected chi connectivity index (χ2v) is 8.71. The summed E-state index contributed by atoms with van der Waals surface area (Å²) in [5.74, 6) is 2.11. The van der Waals surface area contributed by atoms with E-state index in [9.17, 15) is 23.2 Å². The number of hydrogen-bond acceptors (Lipinski definition) is 5. The van der Waals surface area contributed by atoms with E-state index in [1.807, 2.05) is 30.3 Å². The van der Waals surface area contributed by atoms with Gasteiger partial charge in [0.15, 0.2) is 0 Å². The summed E-state index contributed by atoms with van der Waals surface area (Å²) < 4.78 is 26.5. The lowest BCUT2D eigenvalue weighted by molar-refractivity contribution is -0.126. The molecule has 35 heavy (non-hydrogen) atoms. The molecule has 3 amide bonds. The number of rotatable bonds is 3. The van der Waals surface area contributed by atoms with Gasteiger partial charge in [0.2, 0.25) is 0 Å². The van der Waals surface area contributed by atoms with Crippen molar-refractivity contribution >= 4 is 29.1 Å². The molecule has 1 saturated heterocycles. The van der Waals surface area contributed by atoms with Crippen LogP contribution in [-0.2, 0) is 4.79 Å². The largest absolute Gasteiger partial charge is 0.332 e. The Balaban J connectivity index is 1.28. The molecule has 4 rings (SSSR count). The number of benzene rings is 2. The molecule has 2 N–H and O–H groups in total. The average molecular weight is 495 g/mol. The molecule has 2 heterocycles. The third-order valence-electron chi connectivity index (χ3n) is 5.39. The highest BCUT2D eigenvalue weighted by Gasteiger charge is 2.26. The van der Waals surface area contributed by atoms with Crippen LogP contribution in [0.5, 0.6) is 0 Å². The summed E-state index contributed by atoms with van der Waals surface area (Å²) in [6.45, 7) is 1.07. The Hall–Kier alpha value is -4.10. The number of hydrazine groups is 1. The Bertz CT molecular complexity index is 1290. The summed E-state index contributed by atoms with van der Waals surface area (Å²) in [5, 5.41) is 2.33. The minimum absolute atomic E-state index is 0.0949. The number of carbonyl (C=O) groups is 3. The first kappa shape index (κ1) is 24.0. The molecule has 0 unspecified atom stereocenters. The van der Waals surface area contributed by atoms with Crippen molar-refractivity contribution in [3.05, 3.63) is 87.4 Å². The minimum atomic E-state index is -0.901. The lowest BCUT2D eigenvalue weighted by Crippen LogP contribution is -2.41. The van der Waals surface area contributed by atoms with Crippen LogP contribution in [0.4, 0.5) is 8.78 Å². The van der Waals surface area contributed by atoms with Gasteiger partial charge in [-0.3, -0.25) is 25.2 Å². The predicted molar refractivity (Wildman–Crippen MR) is 125 cm³/mol. The smallest absolute Gasteiger partial charge is 0.298 e. The van der Waals surface area contributed by atoms with Gasteiger partial charge in [0.25, 0.3) is 17.7 Å². The normalized spacial score (nSPS) is 13.5. The Morgan fingerprint density at radius 3 is 2.31 bits per heavy atom. The van der Waals surface area contributed by atoms with Gasteiger partial charge in [-0.05, 0) is 37.1 Å². The van der Waals surface area contributed by atoms with Crippen LogP contribution in [-0.4, -0.2) is 40.7 Å². The molecule has 1 aromatic heterocycles. The topological polar surface area (TPSA) is 91.4 Å². The van der Waals surface area contributed by atoms with Gasteiger partial charge in [0, 0.05) is 47.5 Å². The van der Waals surface area contributed by atoms with E-state index in [1.165, 1.54) is 11.3 Å². The number of aromatic nitrogens is 1. The molecular weight excluding hydrogens is 474 g/mol. The number of nitrogens with zero attached hydrogens (tertiary/aromatic N) is 2. The van der Waals surface area contributed by atoms with Crippen molar-refractivity contribution in [3.8, 4) is 11.8 Å². The van der Waals surface area contributed by atoms with Crippen molar-refractivity contribution in [1.29, 1.82) is 0 Å². The standard InChI is InChI=1S/C25H20F2N4O3S/c26-19-12-18(13-20(27)14-19)23(33)29-30-24(34)21-15-35-25(28-21)17-8-10-31(11-9-17)22(32)7-6-16-4-2-1-3-5-16/h1-5,12-15,17H,8-11H2,(H,29,33)(H,30,34). The van der Waals surface area contributed by atoms with E-state index >= 15 is 0 Å². The van der Waals surface area contributed by atoms with E-state index < -0.39 is 23.4 Å². The van der Waals surface area contributed by atoms with Crippen LogP contribution in [0.2, 0.25) is 0 Å². The molecule has 0 bridgehead atoms. The second kappa shape index (κ2) is 10.9. The van der Waals surface area contributed by atoms with Crippen LogP contribution in [0.3, 0.4) is 0 Å². The maximum atomic E-state index is 13.3. The molecule has 1 aliphatic rings. The number of thiazole rings is 1. The third-order valence-corrected chi connectivity index (χ3v) is 6.40. The highest BCUT2D eigenvalue weighted by atomic mass is 32.1. The summed E-state index contributed by atoms with van der Waals surface area (Å²) in [5.41, 5.74) is 4.94. The summed E-state index contributed by atoms with van der Waals surface area (Å²) >= 11 is 1.32. The van der Waals surface area contributed by atoms with Crippen LogP contribution in [0.15, 0.2) is 53.9 Å². The van der Waals surface area contributed by atoms with Crippen molar-refractivity contribution in [2.75, 3.05) is 13.1 Å². The van der Waals surface area contributed by atoms with E-state index in [0.717, 1.165) is 22.7 Å². The fraction of sp³-hybridized carbons (Fsp3) is 0.200. The number of carbonyl (C=O) groups excluding carboxylic acids is 3. The zero-order chi connectivity index (χ0) is 24.8. The summed E-state index contributed by atoms with van der Waals surface area (Å²) in [4.78, 5) is 42.8. The number of hydrogen-bond donors (Lipinski definition) is 2. The summed E-state index contributed by atoms with van der Waals surface area (Å²) in [7, 11) is 0. The summed E-state index contributed by atoms with van der Waals surface area (Å²) in [6, 6.07) is 11.7. The predicted octanol–water partition coefficient (Wildman–Crippen LogP) is 3.25. The molecule has 3 aromatic rings. The van der Waals surface area contributed by atoms with Gasteiger partial charge in [0.05, 0.1) is 5.01 Å². The second-order valence-electron chi connectivity index (χ2n) is 7.82. The zero-order valence-corrected chi connectivity index (χ0v) is 19.2. The molecule has 1 fully saturated rings. The fourth-order valence-corrected chi connectivity index (χ4v) is 4.54. The van der Waals surface area contributed by atoms with Crippen molar-refractivity contribution in [1.82, 2.24) is 20.7 Å². The van der Waals surface area contributed by atoms with E-state index in [1.54, 1.807) is 10.3 Å². The Morgan fingerprint density at radius 2 is 1.63 bits per heavy atom. The van der Waals surface area contributed by atoms with Crippen LogP contribution in [0, 0.1) is 23.5 Å². The van der Waals surface area contributed by atoms with Crippen molar-refractivity contribution in [2.24, 2.45) is 0 Å². The molecule has 0 saturated carbocycles. The molecule has 0 radical (unpaired) electrons. The number of nitrogens with one attached hydrogen (secondary N) is 2. The van der Waals surface area contributed by atoms with E-state index in [4.69, 9.17) is 0 Å². The van der Waals surface area contributed by atoms with E-state index in [0.29, 0.717) is 32.0 Å². The van der Waals surface area contributed by atoms with Crippen molar-refractivity contribution in [3.63, 3.8) is 0 Å². The Morgan fingerprint density at radius 1 is 0.971 bits per heavy atom. The van der Waals surface area contributed by atoms with E-state index in [-0.39, 0.29) is 23.1 Å². The monoisotopic (exact) mass is 494 g/mol. The van der Waals surface area contributed by atoms with Crippen LogP contribution in [0.25, 0.3) is 0 Å². The molecule has 10 heteroatoms. The zero-order valence-electron chi connectivity index (χ0n) is 18.4. The van der Waals surface area contributed by atoms with Crippen molar-refractivity contribution < 1.29 is 23.2 Å². The molecule has 0 aliphatic carbocycles. The first-order valence-corrected chi connectivity index (χ1v) is 11.6. The molecule has 178 valence electrons. The van der Waals surface area contributed by atoms with Gasteiger partial charge in [-0.15, -0.1) is 11.3 Å². The first-order chi connectivity index (χ1) is 16.9. The lowest BCUT2D eigenvalue weighted by Gasteiger charge is -2.29. The Labute approximate surface area is 204 Å². The number of likely N-dealkylation sites (tertiary alicyclic amines) is 1. The quantitative estimate of drug-likeness (QED) is 0.432. The van der Waals surface area contributed by atoms with Gasteiger partial charge in [-0.2, -0.15) is 0 Å². The minimum Gasteiger partial charge on any atom is -0.332 e. The van der Waals surface area contributed by atoms with Crippen LogP contribution >= 0.6 is 11.3 Å². The van der Waals surface area contributed by atoms with Gasteiger partial charge in [0.1, 0.15) is 17.3 Å². The molecule has 0 spiro atoms. The summed E-state index contributed by atoms with van der Waals surface area (Å²) in [6.07, 6.45) is 1.38. The Kier molecular flexibility index (Phi) is 7.48.